The number of sulfonamides is 1. The molecule has 7 nitrogen and oxygen atoms in total. The minimum atomic E-state index is -4.07. The maximum atomic E-state index is 13.6. The van der Waals surface area contributed by atoms with Gasteiger partial charge in [-0.2, -0.15) is 5.10 Å². The lowest BCUT2D eigenvalue weighted by Gasteiger charge is -2.25. The molecule has 8 heteroatoms. The standard InChI is InChI=1S/C29H27N3O4S/c1-20-10-16-24(17-11-20)37(34,35)32(26-8-3-4-9-27(26)36-2)19-28(33)31-30-18-23-15-14-22-13-12-21-6-5-7-25(23)29(21)22/h3-11,14-18H,12-13,19H2,1-2H3,(H,31,33)/b30-18-. The third-order valence-corrected chi connectivity index (χ3v) is 8.33. The van der Waals surface area contributed by atoms with Gasteiger partial charge in [0.1, 0.15) is 12.3 Å². The van der Waals surface area contributed by atoms with Crippen LogP contribution >= 0.6 is 0 Å². The van der Waals surface area contributed by atoms with Crippen LogP contribution in [0.2, 0.25) is 0 Å². The lowest BCUT2D eigenvalue weighted by atomic mass is 10.0. The van der Waals surface area contributed by atoms with E-state index in [1.165, 1.54) is 35.8 Å². The van der Waals surface area contributed by atoms with Gasteiger partial charge in [-0.25, -0.2) is 13.8 Å². The number of carbonyl (C=O) groups is 1. The Morgan fingerprint density at radius 2 is 1.70 bits per heavy atom. The maximum Gasteiger partial charge on any atom is 0.264 e. The fraction of sp³-hybridized carbons (Fsp3) is 0.172. The van der Waals surface area contributed by atoms with Crippen molar-refractivity contribution in [2.75, 3.05) is 18.0 Å². The molecule has 5 rings (SSSR count). The number of nitrogens with one attached hydrogen (secondary N) is 1. The number of ether oxygens (including phenoxy) is 1. The van der Waals surface area contributed by atoms with Crippen LogP contribution in [0.25, 0.3) is 10.8 Å². The van der Waals surface area contributed by atoms with E-state index in [1.54, 1.807) is 42.6 Å². The number of para-hydroxylation sites is 2. The van der Waals surface area contributed by atoms with Gasteiger partial charge in [-0.1, -0.05) is 60.2 Å². The molecule has 1 amide bonds. The van der Waals surface area contributed by atoms with E-state index < -0.39 is 22.5 Å². The summed E-state index contributed by atoms with van der Waals surface area (Å²) >= 11 is 0. The van der Waals surface area contributed by atoms with Crippen molar-refractivity contribution in [1.29, 1.82) is 0 Å². The average molecular weight is 514 g/mol. The normalized spacial score (nSPS) is 12.7. The number of hydrazone groups is 1. The topological polar surface area (TPSA) is 88.1 Å². The Balaban J connectivity index is 1.41. The number of anilines is 1. The van der Waals surface area contributed by atoms with Crippen molar-refractivity contribution in [2.24, 2.45) is 5.10 Å². The Kier molecular flexibility index (Phi) is 6.67. The predicted molar refractivity (Wildman–Crippen MR) is 146 cm³/mol. The highest BCUT2D eigenvalue weighted by Crippen LogP contribution is 2.33. The first-order chi connectivity index (χ1) is 17.9. The van der Waals surface area contributed by atoms with Gasteiger partial charge in [0, 0.05) is 5.56 Å². The van der Waals surface area contributed by atoms with Crippen LogP contribution in [0.5, 0.6) is 5.75 Å². The van der Waals surface area contributed by atoms with Gasteiger partial charge in [-0.3, -0.25) is 9.10 Å². The molecule has 0 heterocycles. The molecule has 188 valence electrons. The molecule has 0 aliphatic heterocycles. The molecule has 37 heavy (non-hydrogen) atoms. The molecule has 4 aromatic rings. The molecule has 0 radical (unpaired) electrons. The molecule has 0 saturated heterocycles. The second-order valence-electron chi connectivity index (χ2n) is 8.94. The lowest BCUT2D eigenvalue weighted by Crippen LogP contribution is -2.39. The minimum absolute atomic E-state index is 0.0770. The second kappa shape index (κ2) is 10.1. The Labute approximate surface area is 216 Å². The molecule has 1 aliphatic carbocycles. The van der Waals surface area contributed by atoms with Gasteiger partial charge in [0.05, 0.1) is 23.9 Å². The smallest absolute Gasteiger partial charge is 0.264 e. The van der Waals surface area contributed by atoms with Crippen LogP contribution in [0.3, 0.4) is 0 Å². The molecule has 0 saturated carbocycles. The maximum absolute atomic E-state index is 13.6. The zero-order valence-electron chi connectivity index (χ0n) is 20.6. The quantitative estimate of drug-likeness (QED) is 0.276. The molecule has 1 N–H and O–H groups in total. The van der Waals surface area contributed by atoms with Crippen molar-refractivity contribution in [2.45, 2.75) is 24.7 Å². The van der Waals surface area contributed by atoms with Gasteiger partial charge in [-0.05, 0) is 65.9 Å². The van der Waals surface area contributed by atoms with Crippen LogP contribution < -0.4 is 14.5 Å². The number of hydrogen-bond donors (Lipinski definition) is 1. The van der Waals surface area contributed by atoms with Gasteiger partial charge in [0.2, 0.25) is 0 Å². The monoisotopic (exact) mass is 513 g/mol. The van der Waals surface area contributed by atoms with E-state index in [-0.39, 0.29) is 10.6 Å². The number of amides is 1. The summed E-state index contributed by atoms with van der Waals surface area (Å²) < 4.78 is 33.7. The highest BCUT2D eigenvalue weighted by Gasteiger charge is 2.29. The Bertz CT molecular complexity index is 1600. The summed E-state index contributed by atoms with van der Waals surface area (Å²) in [5.41, 5.74) is 7.21. The highest BCUT2D eigenvalue weighted by molar-refractivity contribution is 7.92. The van der Waals surface area contributed by atoms with Crippen molar-refractivity contribution in [3.63, 3.8) is 0 Å². The van der Waals surface area contributed by atoms with Gasteiger partial charge in [0.25, 0.3) is 15.9 Å². The zero-order chi connectivity index (χ0) is 26.0. The van der Waals surface area contributed by atoms with E-state index in [2.05, 4.69) is 22.7 Å². The van der Waals surface area contributed by atoms with Crippen LogP contribution in [0, 0.1) is 6.92 Å². The van der Waals surface area contributed by atoms with Crippen molar-refractivity contribution >= 4 is 38.6 Å². The minimum Gasteiger partial charge on any atom is -0.495 e. The lowest BCUT2D eigenvalue weighted by molar-refractivity contribution is -0.119. The van der Waals surface area contributed by atoms with Crippen molar-refractivity contribution in [3.05, 3.63) is 101 Å². The first-order valence-electron chi connectivity index (χ1n) is 12.0. The Morgan fingerprint density at radius 3 is 2.46 bits per heavy atom. The molecule has 4 aromatic carbocycles. The van der Waals surface area contributed by atoms with Crippen molar-refractivity contribution in [3.8, 4) is 5.75 Å². The van der Waals surface area contributed by atoms with Crippen LogP contribution in [-0.2, 0) is 27.7 Å². The Hall–Kier alpha value is -4.17. The molecule has 0 bridgehead atoms. The SMILES string of the molecule is COc1ccccc1N(CC(=O)N/N=C\c1ccc2c3c(cccc13)CC2)S(=O)(=O)c1ccc(C)cc1. The van der Waals surface area contributed by atoms with Gasteiger partial charge < -0.3 is 4.74 Å². The molecule has 0 spiro atoms. The number of hydrogen-bond acceptors (Lipinski definition) is 5. The summed E-state index contributed by atoms with van der Waals surface area (Å²) in [4.78, 5) is 13.0. The fourth-order valence-corrected chi connectivity index (χ4v) is 6.13. The molecule has 0 fully saturated rings. The van der Waals surface area contributed by atoms with Crippen LogP contribution in [-0.4, -0.2) is 34.2 Å². The largest absolute Gasteiger partial charge is 0.495 e. The molecular formula is C29H27N3O4S. The number of aryl methyl sites for hydroxylation is 3. The van der Waals surface area contributed by atoms with E-state index in [9.17, 15) is 13.2 Å². The average Bonchev–Trinajstić information content (AvgIpc) is 3.33. The molecule has 0 aromatic heterocycles. The summed E-state index contributed by atoms with van der Waals surface area (Å²) in [6.45, 7) is 1.40. The van der Waals surface area contributed by atoms with Crippen LogP contribution in [0.15, 0.2) is 88.9 Å². The number of nitrogens with zero attached hydrogens (tertiary/aromatic N) is 2. The van der Waals surface area contributed by atoms with E-state index in [0.29, 0.717) is 5.75 Å². The molecule has 0 unspecified atom stereocenters. The van der Waals surface area contributed by atoms with Crippen molar-refractivity contribution < 1.29 is 17.9 Å². The van der Waals surface area contributed by atoms with Crippen molar-refractivity contribution in [1.82, 2.24) is 5.43 Å². The number of carbonyl (C=O) groups excluding carboxylic acids is 1. The Morgan fingerprint density at radius 1 is 0.973 bits per heavy atom. The summed E-state index contributed by atoms with van der Waals surface area (Å²) in [6, 6.07) is 23.5. The predicted octanol–water partition coefficient (Wildman–Crippen LogP) is 4.60. The fourth-order valence-electron chi connectivity index (χ4n) is 4.69. The van der Waals surface area contributed by atoms with Crippen LogP contribution in [0.1, 0.15) is 22.3 Å². The van der Waals surface area contributed by atoms with Gasteiger partial charge >= 0.3 is 0 Å². The second-order valence-corrected chi connectivity index (χ2v) is 10.8. The van der Waals surface area contributed by atoms with E-state index in [4.69, 9.17) is 4.74 Å². The summed E-state index contributed by atoms with van der Waals surface area (Å²) in [7, 11) is -2.61. The summed E-state index contributed by atoms with van der Waals surface area (Å²) in [6.07, 6.45) is 3.65. The third kappa shape index (κ3) is 4.80. The van der Waals surface area contributed by atoms with Gasteiger partial charge in [-0.15, -0.1) is 0 Å². The number of methoxy groups -OCH3 is 1. The number of rotatable bonds is 8. The first kappa shape index (κ1) is 24.5. The van der Waals surface area contributed by atoms with E-state index in [0.717, 1.165) is 33.7 Å². The van der Waals surface area contributed by atoms with Crippen LogP contribution in [0.4, 0.5) is 5.69 Å². The molecule has 1 aliphatic rings. The van der Waals surface area contributed by atoms with E-state index in [1.807, 2.05) is 25.1 Å². The summed E-state index contributed by atoms with van der Waals surface area (Å²) in [5.74, 6) is -0.244. The summed E-state index contributed by atoms with van der Waals surface area (Å²) in [5, 5.41) is 6.49. The highest BCUT2D eigenvalue weighted by atomic mass is 32.2. The molecular weight excluding hydrogens is 486 g/mol. The first-order valence-corrected chi connectivity index (χ1v) is 13.4. The number of benzene rings is 4. The third-order valence-electron chi connectivity index (χ3n) is 6.55. The zero-order valence-corrected chi connectivity index (χ0v) is 21.5. The van der Waals surface area contributed by atoms with Gasteiger partial charge in [0.15, 0.2) is 0 Å². The molecule has 0 atom stereocenters. The van der Waals surface area contributed by atoms with E-state index >= 15 is 0 Å².